The van der Waals surface area contributed by atoms with E-state index in [0.29, 0.717) is 12.1 Å². The molecule has 5 rings (SSSR count). The van der Waals surface area contributed by atoms with Gasteiger partial charge in [0, 0.05) is 16.6 Å². The molecule has 4 saturated carbocycles. The third-order valence-corrected chi connectivity index (χ3v) is 6.84. The van der Waals surface area contributed by atoms with Gasteiger partial charge >= 0.3 is 0 Å². The maximum Gasteiger partial charge on any atom is 0.0992 e. The van der Waals surface area contributed by atoms with Gasteiger partial charge in [-0.25, -0.2) is 0 Å². The van der Waals surface area contributed by atoms with Crippen LogP contribution in [0.1, 0.15) is 51.0 Å². The molecule has 2 nitrogen and oxygen atoms in total. The van der Waals surface area contributed by atoms with Crippen LogP contribution in [0.25, 0.3) is 0 Å². The average Bonchev–Trinajstić information content (AvgIpc) is 2.45. The molecular formula is C19H27BrClNO. The van der Waals surface area contributed by atoms with Crippen molar-refractivity contribution in [1.82, 2.24) is 5.32 Å². The number of rotatable bonds is 4. The molecule has 128 valence electrons. The monoisotopic (exact) mass is 399 g/mol. The first-order valence-electron chi connectivity index (χ1n) is 8.68. The Morgan fingerprint density at radius 3 is 2.04 bits per heavy atom. The first-order chi connectivity index (χ1) is 10.4. The van der Waals surface area contributed by atoms with Gasteiger partial charge in [0.2, 0.25) is 0 Å². The molecule has 0 saturated heterocycles. The molecule has 0 radical (unpaired) electrons. The molecule has 4 bridgehead atoms. The zero-order valence-electron chi connectivity index (χ0n) is 13.7. The molecular weight excluding hydrogens is 374 g/mol. The van der Waals surface area contributed by atoms with Crippen molar-refractivity contribution in [2.24, 2.45) is 17.8 Å². The SMILES string of the molecule is CC(O)(CNC12CC3CC(CC(C3)C1)C2)c1ccc(Br)cc1.Cl. The molecule has 1 unspecified atom stereocenters. The minimum absolute atomic E-state index is 0. The van der Waals surface area contributed by atoms with Crippen LogP contribution < -0.4 is 5.32 Å². The summed E-state index contributed by atoms with van der Waals surface area (Å²) in [5.41, 5.74) is 0.505. The fraction of sp³-hybridized carbons (Fsp3) is 0.684. The summed E-state index contributed by atoms with van der Waals surface area (Å²) in [6.45, 7) is 2.59. The lowest BCUT2D eigenvalue weighted by atomic mass is 9.53. The lowest BCUT2D eigenvalue weighted by molar-refractivity contribution is -0.0358. The maximum atomic E-state index is 10.9. The Morgan fingerprint density at radius 2 is 1.57 bits per heavy atom. The van der Waals surface area contributed by atoms with E-state index < -0.39 is 5.60 Å². The number of hydrogen-bond donors (Lipinski definition) is 2. The largest absolute Gasteiger partial charge is 0.384 e. The van der Waals surface area contributed by atoms with Gasteiger partial charge in [-0.05, 0) is 80.9 Å². The second kappa shape index (κ2) is 6.33. The predicted octanol–water partition coefficient (Wildman–Crippen LogP) is 4.64. The van der Waals surface area contributed by atoms with E-state index in [1.165, 1.54) is 38.5 Å². The summed E-state index contributed by atoms with van der Waals surface area (Å²) >= 11 is 3.46. The van der Waals surface area contributed by atoms with Gasteiger partial charge < -0.3 is 10.4 Å². The van der Waals surface area contributed by atoms with Crippen LogP contribution in [0.15, 0.2) is 28.7 Å². The number of hydrogen-bond acceptors (Lipinski definition) is 2. The minimum atomic E-state index is -0.802. The van der Waals surface area contributed by atoms with Crippen LogP contribution in [0.2, 0.25) is 0 Å². The van der Waals surface area contributed by atoms with Crippen molar-refractivity contribution in [3.8, 4) is 0 Å². The van der Waals surface area contributed by atoms with Crippen molar-refractivity contribution in [2.45, 2.75) is 56.6 Å². The Balaban J connectivity index is 0.00000156. The van der Waals surface area contributed by atoms with Crippen LogP contribution >= 0.6 is 28.3 Å². The third kappa shape index (κ3) is 3.49. The van der Waals surface area contributed by atoms with E-state index in [1.54, 1.807) is 0 Å². The zero-order valence-corrected chi connectivity index (χ0v) is 16.1. The predicted molar refractivity (Wildman–Crippen MR) is 99.9 cm³/mol. The molecule has 0 amide bonds. The number of halogens is 2. The second-order valence-electron chi connectivity index (χ2n) is 8.33. The number of β-amino-alcohol motifs (C(OH)–C–C–N with tert-alkyl or cyclic N) is 1. The van der Waals surface area contributed by atoms with E-state index in [2.05, 4.69) is 21.2 Å². The van der Waals surface area contributed by atoms with Crippen molar-refractivity contribution in [3.05, 3.63) is 34.3 Å². The van der Waals surface area contributed by atoms with Crippen LogP contribution in [-0.2, 0) is 5.60 Å². The molecule has 0 spiro atoms. The third-order valence-electron chi connectivity index (χ3n) is 6.31. The smallest absolute Gasteiger partial charge is 0.0992 e. The summed E-state index contributed by atoms with van der Waals surface area (Å²) in [4.78, 5) is 0. The number of benzene rings is 1. The lowest BCUT2D eigenvalue weighted by Gasteiger charge is -2.57. The Labute approximate surface area is 154 Å². The molecule has 1 aromatic carbocycles. The van der Waals surface area contributed by atoms with E-state index in [1.807, 2.05) is 31.2 Å². The van der Waals surface area contributed by atoms with Crippen LogP contribution in [0.5, 0.6) is 0 Å². The van der Waals surface area contributed by atoms with Gasteiger partial charge in [0.05, 0.1) is 5.60 Å². The van der Waals surface area contributed by atoms with Gasteiger partial charge in [-0.3, -0.25) is 0 Å². The van der Waals surface area contributed by atoms with E-state index in [0.717, 1.165) is 27.8 Å². The molecule has 4 heteroatoms. The van der Waals surface area contributed by atoms with Crippen LogP contribution in [0, 0.1) is 17.8 Å². The molecule has 1 atom stereocenters. The summed E-state index contributed by atoms with van der Waals surface area (Å²) in [7, 11) is 0. The van der Waals surface area contributed by atoms with Crippen LogP contribution in [0.3, 0.4) is 0 Å². The van der Waals surface area contributed by atoms with Crippen molar-refractivity contribution in [1.29, 1.82) is 0 Å². The molecule has 23 heavy (non-hydrogen) atoms. The minimum Gasteiger partial charge on any atom is -0.384 e. The molecule has 4 fully saturated rings. The Bertz CT molecular complexity index is 522. The molecule has 1 aromatic rings. The maximum absolute atomic E-state index is 10.9. The zero-order chi connectivity index (χ0) is 15.4. The summed E-state index contributed by atoms with van der Waals surface area (Å²) < 4.78 is 1.06. The van der Waals surface area contributed by atoms with E-state index >= 15 is 0 Å². The first kappa shape index (κ1) is 17.7. The lowest BCUT2D eigenvalue weighted by Crippen LogP contribution is -2.60. The standard InChI is InChI=1S/C19H26BrNO.ClH/c1-18(22,16-2-4-17(20)5-3-16)12-21-19-9-13-6-14(10-19)8-15(7-13)11-19;/h2-5,13-15,21-22H,6-12H2,1H3;1H. The van der Waals surface area contributed by atoms with E-state index in [9.17, 15) is 5.11 Å². The molecule has 0 aromatic heterocycles. The van der Waals surface area contributed by atoms with Gasteiger partial charge in [-0.2, -0.15) is 0 Å². The Kier molecular flexibility index (Phi) is 4.88. The molecule has 4 aliphatic carbocycles. The first-order valence-corrected chi connectivity index (χ1v) is 9.47. The summed E-state index contributed by atoms with van der Waals surface area (Å²) in [6, 6.07) is 8.06. The molecule has 4 aliphatic rings. The highest BCUT2D eigenvalue weighted by Gasteiger charge is 2.51. The average molecular weight is 401 g/mol. The van der Waals surface area contributed by atoms with Gasteiger partial charge in [-0.1, -0.05) is 28.1 Å². The second-order valence-corrected chi connectivity index (χ2v) is 9.25. The van der Waals surface area contributed by atoms with E-state index in [-0.39, 0.29) is 12.4 Å². The highest BCUT2D eigenvalue weighted by Crippen LogP contribution is 2.55. The van der Waals surface area contributed by atoms with Gasteiger partial charge in [-0.15, -0.1) is 12.4 Å². The van der Waals surface area contributed by atoms with Crippen molar-refractivity contribution < 1.29 is 5.11 Å². The summed E-state index contributed by atoms with van der Waals surface area (Å²) in [6.07, 6.45) is 8.37. The van der Waals surface area contributed by atoms with Gasteiger partial charge in [0.15, 0.2) is 0 Å². The Hall–Kier alpha value is -0.0900. The van der Waals surface area contributed by atoms with Gasteiger partial charge in [0.25, 0.3) is 0 Å². The highest BCUT2D eigenvalue weighted by atomic mass is 79.9. The van der Waals surface area contributed by atoms with Gasteiger partial charge in [0.1, 0.15) is 0 Å². The number of aliphatic hydroxyl groups is 1. The number of nitrogens with one attached hydrogen (secondary N) is 1. The quantitative estimate of drug-likeness (QED) is 0.772. The van der Waals surface area contributed by atoms with Crippen LogP contribution in [-0.4, -0.2) is 17.2 Å². The molecule has 0 heterocycles. The molecule has 0 aliphatic heterocycles. The summed E-state index contributed by atoms with van der Waals surface area (Å²) in [5.74, 6) is 2.82. The van der Waals surface area contributed by atoms with Crippen molar-refractivity contribution in [3.63, 3.8) is 0 Å². The highest BCUT2D eigenvalue weighted by molar-refractivity contribution is 9.10. The van der Waals surface area contributed by atoms with E-state index in [4.69, 9.17) is 0 Å². The topological polar surface area (TPSA) is 32.3 Å². The normalized spacial score (nSPS) is 37.3. The summed E-state index contributed by atoms with van der Waals surface area (Å²) in [5, 5.41) is 14.7. The fourth-order valence-electron chi connectivity index (χ4n) is 5.60. The Morgan fingerprint density at radius 1 is 1.09 bits per heavy atom. The van der Waals surface area contributed by atoms with Crippen LogP contribution in [0.4, 0.5) is 0 Å². The molecule has 2 N–H and O–H groups in total. The van der Waals surface area contributed by atoms with Crippen molar-refractivity contribution >= 4 is 28.3 Å². The van der Waals surface area contributed by atoms with Crippen molar-refractivity contribution in [2.75, 3.05) is 6.54 Å². The fourth-order valence-corrected chi connectivity index (χ4v) is 5.86.